The number of imidazole rings is 1. The number of benzene rings is 3. The predicted octanol–water partition coefficient (Wildman–Crippen LogP) is 6.32. The number of anilines is 2. The average Bonchev–Trinajstić information content (AvgIpc) is 3.11. The lowest BCUT2D eigenvalue weighted by Crippen LogP contribution is -2.14. The second-order valence-corrected chi connectivity index (χ2v) is 6.66. The number of hydrogen-bond donors (Lipinski definition) is 2. The Morgan fingerprint density at radius 2 is 1.61 bits per heavy atom. The van der Waals surface area contributed by atoms with Crippen LogP contribution in [0.4, 0.5) is 33.3 Å². The van der Waals surface area contributed by atoms with Gasteiger partial charge in [0.1, 0.15) is 17.5 Å². The first-order chi connectivity index (χ1) is 14.7. The highest BCUT2D eigenvalue weighted by Crippen LogP contribution is 2.34. The number of aromatic nitrogens is 2. The lowest BCUT2D eigenvalue weighted by atomic mass is 10.2. The van der Waals surface area contributed by atoms with Gasteiger partial charge in [0.15, 0.2) is 0 Å². The van der Waals surface area contributed by atoms with Crippen LogP contribution in [0.3, 0.4) is 0 Å². The van der Waals surface area contributed by atoms with Crippen LogP contribution in [0, 0.1) is 11.6 Å². The van der Waals surface area contributed by atoms with Gasteiger partial charge in [0.05, 0.1) is 16.7 Å². The van der Waals surface area contributed by atoms with E-state index in [2.05, 4.69) is 22.2 Å². The maximum absolute atomic E-state index is 13.7. The van der Waals surface area contributed by atoms with E-state index in [1.165, 1.54) is 18.2 Å². The van der Waals surface area contributed by atoms with Gasteiger partial charge in [0, 0.05) is 17.4 Å². The van der Waals surface area contributed by atoms with E-state index in [9.17, 15) is 22.0 Å². The molecule has 0 aliphatic heterocycles. The van der Waals surface area contributed by atoms with E-state index < -0.39 is 23.6 Å². The third kappa shape index (κ3) is 4.20. The number of rotatable bonds is 5. The number of nitrogens with one attached hydrogen (secondary N) is 2. The average molecular weight is 430 g/mol. The fourth-order valence-electron chi connectivity index (χ4n) is 3.13. The zero-order chi connectivity index (χ0) is 22.2. The number of halogens is 5. The van der Waals surface area contributed by atoms with Crippen molar-refractivity contribution >= 4 is 22.4 Å². The first-order valence-corrected chi connectivity index (χ1v) is 9.05. The topological polar surface area (TPSA) is 41.9 Å². The molecule has 0 saturated carbocycles. The minimum absolute atomic E-state index is 0.103. The van der Waals surface area contributed by atoms with Gasteiger partial charge in [-0.1, -0.05) is 18.7 Å². The Labute approximate surface area is 173 Å². The van der Waals surface area contributed by atoms with E-state index in [-0.39, 0.29) is 22.7 Å². The smallest absolute Gasteiger partial charge is 0.342 e. The van der Waals surface area contributed by atoms with Crippen molar-refractivity contribution in [2.45, 2.75) is 6.18 Å². The van der Waals surface area contributed by atoms with Crippen molar-refractivity contribution in [2.75, 3.05) is 10.6 Å². The van der Waals surface area contributed by atoms with Gasteiger partial charge in [0.25, 0.3) is 0 Å². The molecule has 4 aromatic rings. The van der Waals surface area contributed by atoms with Crippen molar-refractivity contribution in [2.24, 2.45) is 0 Å². The zero-order valence-corrected chi connectivity index (χ0v) is 15.8. The first kappa shape index (κ1) is 20.4. The quantitative estimate of drug-likeness (QED) is 0.364. The molecule has 0 bridgehead atoms. The van der Waals surface area contributed by atoms with Crippen LogP contribution < -0.4 is 10.6 Å². The third-order valence-electron chi connectivity index (χ3n) is 4.45. The standard InChI is InChI=1S/C22H15F5N4/c1-13(29-19-12-14(23)6-11-17(19)24)28-15-7-9-16(10-8-15)31-20-5-3-2-4-18(20)30-21(31)22(25,26)27/h2-12,28-29H,1H2. The van der Waals surface area contributed by atoms with E-state index in [0.717, 1.165) is 22.8 Å². The molecule has 4 nitrogen and oxygen atoms in total. The molecular formula is C22H15F5N4. The van der Waals surface area contributed by atoms with E-state index >= 15 is 0 Å². The molecule has 2 N–H and O–H groups in total. The fourth-order valence-corrected chi connectivity index (χ4v) is 3.13. The van der Waals surface area contributed by atoms with Gasteiger partial charge in [0.2, 0.25) is 5.82 Å². The summed E-state index contributed by atoms with van der Waals surface area (Å²) in [6.45, 7) is 3.70. The molecule has 0 radical (unpaired) electrons. The van der Waals surface area contributed by atoms with Gasteiger partial charge >= 0.3 is 6.18 Å². The van der Waals surface area contributed by atoms with Crippen LogP contribution in [-0.4, -0.2) is 9.55 Å². The Morgan fingerprint density at radius 3 is 2.32 bits per heavy atom. The Bertz CT molecular complexity index is 1260. The molecule has 0 atom stereocenters. The second-order valence-electron chi connectivity index (χ2n) is 6.66. The van der Waals surface area contributed by atoms with Crippen molar-refractivity contribution in [1.29, 1.82) is 0 Å². The number of hydrogen-bond acceptors (Lipinski definition) is 3. The predicted molar refractivity (Wildman–Crippen MR) is 109 cm³/mol. The van der Waals surface area contributed by atoms with Crippen molar-refractivity contribution in [3.05, 3.63) is 96.6 Å². The summed E-state index contributed by atoms with van der Waals surface area (Å²) < 4.78 is 68.6. The molecule has 0 amide bonds. The molecule has 0 fully saturated rings. The van der Waals surface area contributed by atoms with Gasteiger partial charge < -0.3 is 10.6 Å². The van der Waals surface area contributed by atoms with Gasteiger partial charge in [-0.05, 0) is 48.5 Å². The van der Waals surface area contributed by atoms with Crippen molar-refractivity contribution in [3.8, 4) is 5.69 Å². The molecule has 9 heteroatoms. The number of alkyl halides is 3. The van der Waals surface area contributed by atoms with Crippen molar-refractivity contribution in [3.63, 3.8) is 0 Å². The van der Waals surface area contributed by atoms with Gasteiger partial charge in [-0.15, -0.1) is 0 Å². The van der Waals surface area contributed by atoms with Crippen LogP contribution in [0.2, 0.25) is 0 Å². The van der Waals surface area contributed by atoms with Crippen LogP contribution in [-0.2, 0) is 6.18 Å². The zero-order valence-electron chi connectivity index (χ0n) is 15.8. The fraction of sp³-hybridized carbons (Fsp3) is 0.0455. The summed E-state index contributed by atoms with van der Waals surface area (Å²) in [6.07, 6.45) is -4.64. The molecule has 0 spiro atoms. The Morgan fingerprint density at radius 1 is 0.903 bits per heavy atom. The summed E-state index contributed by atoms with van der Waals surface area (Å²) in [4.78, 5) is 3.73. The molecule has 0 aliphatic rings. The van der Waals surface area contributed by atoms with Crippen LogP contribution >= 0.6 is 0 Å². The Balaban J connectivity index is 1.59. The molecule has 0 aliphatic carbocycles. The summed E-state index contributed by atoms with van der Waals surface area (Å²) in [5.74, 6) is -2.15. The van der Waals surface area contributed by atoms with E-state index in [1.54, 1.807) is 30.3 Å². The highest BCUT2D eigenvalue weighted by molar-refractivity contribution is 5.78. The van der Waals surface area contributed by atoms with Crippen LogP contribution in [0.25, 0.3) is 16.7 Å². The Hall–Kier alpha value is -3.88. The molecule has 3 aromatic carbocycles. The van der Waals surface area contributed by atoms with Crippen LogP contribution in [0.1, 0.15) is 5.82 Å². The minimum atomic E-state index is -4.64. The molecule has 1 aromatic heterocycles. The number of fused-ring (bicyclic) bond motifs is 1. The highest BCUT2D eigenvalue weighted by atomic mass is 19.4. The number of para-hydroxylation sites is 2. The van der Waals surface area contributed by atoms with Gasteiger partial charge in [-0.2, -0.15) is 13.2 Å². The summed E-state index contributed by atoms with van der Waals surface area (Å²) in [7, 11) is 0. The normalized spacial score (nSPS) is 11.5. The molecular weight excluding hydrogens is 415 g/mol. The van der Waals surface area contributed by atoms with Crippen LogP contribution in [0.5, 0.6) is 0 Å². The molecule has 4 rings (SSSR count). The summed E-state index contributed by atoms with van der Waals surface area (Å²) in [5, 5.41) is 5.46. The molecule has 158 valence electrons. The molecule has 31 heavy (non-hydrogen) atoms. The maximum atomic E-state index is 13.7. The third-order valence-corrected chi connectivity index (χ3v) is 4.45. The first-order valence-electron chi connectivity index (χ1n) is 9.05. The molecule has 0 unspecified atom stereocenters. The molecule has 0 saturated heterocycles. The summed E-state index contributed by atoms with van der Waals surface area (Å²) in [5.41, 5.74) is 1.20. The van der Waals surface area contributed by atoms with Gasteiger partial charge in [-0.25, -0.2) is 13.8 Å². The molecule has 1 heterocycles. The highest BCUT2D eigenvalue weighted by Gasteiger charge is 2.38. The summed E-state index contributed by atoms with van der Waals surface area (Å²) >= 11 is 0. The van der Waals surface area contributed by atoms with E-state index in [4.69, 9.17) is 0 Å². The largest absolute Gasteiger partial charge is 0.450 e. The lowest BCUT2D eigenvalue weighted by molar-refractivity contribution is -0.145. The van der Waals surface area contributed by atoms with Gasteiger partial charge in [-0.3, -0.25) is 4.57 Å². The van der Waals surface area contributed by atoms with E-state index in [1.807, 2.05) is 0 Å². The second kappa shape index (κ2) is 7.75. The Kier molecular flexibility index (Phi) is 5.10. The number of nitrogens with zero attached hydrogens (tertiary/aromatic N) is 2. The SMILES string of the molecule is C=C(Nc1ccc(-n2c(C(F)(F)F)nc3ccccc32)cc1)Nc1cc(F)ccc1F. The van der Waals surface area contributed by atoms with Crippen LogP contribution in [0.15, 0.2) is 79.1 Å². The van der Waals surface area contributed by atoms with Crippen molar-refractivity contribution < 1.29 is 22.0 Å². The van der Waals surface area contributed by atoms with E-state index in [0.29, 0.717) is 11.2 Å². The monoisotopic (exact) mass is 430 g/mol. The summed E-state index contributed by atoms with van der Waals surface area (Å²) in [6, 6.07) is 15.3. The minimum Gasteiger partial charge on any atom is -0.342 e. The maximum Gasteiger partial charge on any atom is 0.450 e. The van der Waals surface area contributed by atoms with Crippen molar-refractivity contribution in [1.82, 2.24) is 9.55 Å². The lowest BCUT2D eigenvalue weighted by Gasteiger charge is -2.15.